The van der Waals surface area contributed by atoms with Crippen molar-refractivity contribution in [3.63, 3.8) is 0 Å². The highest BCUT2D eigenvalue weighted by Crippen LogP contribution is 2.39. The summed E-state index contributed by atoms with van der Waals surface area (Å²) in [4.78, 5) is 16.1. The number of halogens is 1. The topological polar surface area (TPSA) is 60.4 Å². The highest BCUT2D eigenvalue weighted by atomic mass is 79.9. The first-order valence-electron chi connectivity index (χ1n) is 5.39. The zero-order valence-electron chi connectivity index (χ0n) is 8.88. The van der Waals surface area contributed by atoms with Crippen molar-refractivity contribution in [1.82, 2.24) is 9.38 Å². The molecule has 1 unspecified atom stereocenters. The Bertz CT molecular complexity index is 575. The summed E-state index contributed by atoms with van der Waals surface area (Å²) < 4.78 is 1.56. The third-order valence-electron chi connectivity index (χ3n) is 3.00. The smallest absolute Gasteiger partial charge is 0.351 e. The lowest BCUT2D eigenvalue weighted by molar-refractivity contribution is -0.391. The van der Waals surface area contributed by atoms with Crippen LogP contribution in [0.4, 0.5) is 5.82 Å². The van der Waals surface area contributed by atoms with Crippen molar-refractivity contribution in [1.29, 1.82) is 0 Å². The molecule has 1 atom stereocenters. The van der Waals surface area contributed by atoms with Gasteiger partial charge in [-0.25, -0.2) is 0 Å². The van der Waals surface area contributed by atoms with E-state index in [1.807, 2.05) is 5.38 Å². The second kappa shape index (κ2) is 4.06. The van der Waals surface area contributed by atoms with Crippen LogP contribution >= 0.6 is 27.3 Å². The number of aromatic nitrogens is 2. The van der Waals surface area contributed by atoms with Gasteiger partial charge in [0.25, 0.3) is 4.96 Å². The molecular weight excluding hydrogens is 306 g/mol. The molecule has 90 valence electrons. The number of imidazole rings is 1. The predicted molar refractivity (Wildman–Crippen MR) is 68.9 cm³/mol. The maximum atomic E-state index is 11.1. The molecule has 0 bridgehead atoms. The molecule has 5 nitrogen and oxygen atoms in total. The van der Waals surface area contributed by atoms with E-state index in [9.17, 15) is 10.1 Å². The molecule has 1 fully saturated rings. The lowest BCUT2D eigenvalue weighted by Crippen LogP contribution is -2.07. The lowest BCUT2D eigenvalue weighted by Gasteiger charge is -2.04. The Hall–Kier alpha value is -0.950. The Kier molecular flexibility index (Phi) is 2.67. The van der Waals surface area contributed by atoms with E-state index in [0.29, 0.717) is 27.8 Å². The second-order valence-corrected chi connectivity index (χ2v) is 6.30. The first kappa shape index (κ1) is 11.2. The monoisotopic (exact) mass is 315 g/mol. The molecule has 0 spiro atoms. The fraction of sp³-hybridized carbons (Fsp3) is 0.500. The van der Waals surface area contributed by atoms with Crippen LogP contribution in [0.2, 0.25) is 0 Å². The molecule has 0 saturated heterocycles. The number of thiazole rings is 1. The Balaban J connectivity index is 1.98. The van der Waals surface area contributed by atoms with E-state index in [1.54, 1.807) is 10.6 Å². The molecule has 7 heteroatoms. The average molecular weight is 316 g/mol. The van der Waals surface area contributed by atoms with E-state index in [0.717, 1.165) is 0 Å². The molecule has 2 aromatic rings. The van der Waals surface area contributed by atoms with Crippen LogP contribution in [-0.4, -0.2) is 19.1 Å². The number of fused-ring (bicyclic) bond motifs is 1. The van der Waals surface area contributed by atoms with Gasteiger partial charge in [-0.05, 0) is 23.7 Å². The lowest BCUT2D eigenvalue weighted by atomic mass is 10.2. The van der Waals surface area contributed by atoms with Crippen LogP contribution in [0.5, 0.6) is 0 Å². The fourth-order valence-corrected chi connectivity index (χ4v) is 3.52. The van der Waals surface area contributed by atoms with Crippen molar-refractivity contribution < 1.29 is 4.92 Å². The molecule has 0 N–H and O–H groups in total. The Morgan fingerprint density at radius 3 is 3.12 bits per heavy atom. The number of hydrogen-bond acceptors (Lipinski definition) is 4. The summed E-state index contributed by atoms with van der Waals surface area (Å²) >= 11 is 5.02. The molecule has 1 aliphatic rings. The summed E-state index contributed by atoms with van der Waals surface area (Å²) in [5.41, 5.74) is 0.593. The summed E-state index contributed by atoms with van der Waals surface area (Å²) in [6.07, 6.45) is 4.77. The third kappa shape index (κ3) is 1.97. The molecule has 0 aliphatic heterocycles. The van der Waals surface area contributed by atoms with Crippen LogP contribution in [0, 0.1) is 16.0 Å². The van der Waals surface area contributed by atoms with Crippen molar-refractivity contribution in [2.24, 2.45) is 5.92 Å². The van der Waals surface area contributed by atoms with Gasteiger partial charge in [0.05, 0.1) is 0 Å². The van der Waals surface area contributed by atoms with Gasteiger partial charge in [0.2, 0.25) is 0 Å². The molecule has 1 saturated carbocycles. The zero-order valence-corrected chi connectivity index (χ0v) is 11.3. The van der Waals surface area contributed by atoms with Gasteiger partial charge in [0.15, 0.2) is 0 Å². The molecule has 0 amide bonds. The Morgan fingerprint density at radius 2 is 2.47 bits per heavy atom. The van der Waals surface area contributed by atoms with Crippen LogP contribution in [0.3, 0.4) is 0 Å². The van der Waals surface area contributed by atoms with Crippen molar-refractivity contribution in [3.8, 4) is 0 Å². The van der Waals surface area contributed by atoms with Gasteiger partial charge >= 0.3 is 5.82 Å². The minimum atomic E-state index is -0.339. The van der Waals surface area contributed by atoms with Gasteiger partial charge in [-0.15, -0.1) is 0 Å². The molecule has 3 rings (SSSR count). The first-order chi connectivity index (χ1) is 8.16. The predicted octanol–water partition coefficient (Wildman–Crippen LogP) is 3.02. The van der Waals surface area contributed by atoms with Crippen LogP contribution in [0.15, 0.2) is 11.6 Å². The van der Waals surface area contributed by atoms with Crippen molar-refractivity contribution in [2.75, 3.05) is 0 Å². The standard InChI is InChI=1S/C10H10BrN3O2S/c11-7(6-1-2-6)5-8-9(14(15)16)13-3-4-17-10(13)12-8/h3-4,6-7H,1-2,5H2. The van der Waals surface area contributed by atoms with E-state index < -0.39 is 0 Å². The van der Waals surface area contributed by atoms with E-state index in [2.05, 4.69) is 20.9 Å². The van der Waals surface area contributed by atoms with Gasteiger partial charge in [0.1, 0.15) is 11.9 Å². The van der Waals surface area contributed by atoms with E-state index in [-0.39, 0.29) is 10.7 Å². The minimum absolute atomic E-state index is 0.117. The molecule has 1 aliphatic carbocycles. The van der Waals surface area contributed by atoms with Gasteiger partial charge in [-0.3, -0.25) is 0 Å². The largest absolute Gasteiger partial charge is 0.358 e. The second-order valence-electron chi connectivity index (χ2n) is 4.25. The minimum Gasteiger partial charge on any atom is -0.358 e. The number of nitro groups is 1. The van der Waals surface area contributed by atoms with Gasteiger partial charge in [-0.2, -0.15) is 9.38 Å². The van der Waals surface area contributed by atoms with Gasteiger partial charge < -0.3 is 10.1 Å². The van der Waals surface area contributed by atoms with Gasteiger partial charge in [-0.1, -0.05) is 27.3 Å². The molecule has 0 radical (unpaired) electrons. The van der Waals surface area contributed by atoms with E-state index >= 15 is 0 Å². The van der Waals surface area contributed by atoms with Gasteiger partial charge in [0, 0.05) is 16.6 Å². The highest BCUT2D eigenvalue weighted by Gasteiger charge is 2.33. The highest BCUT2D eigenvalue weighted by molar-refractivity contribution is 9.09. The Labute approximate surface area is 110 Å². The molecule has 17 heavy (non-hydrogen) atoms. The first-order valence-corrected chi connectivity index (χ1v) is 7.19. The maximum absolute atomic E-state index is 11.1. The fourth-order valence-electron chi connectivity index (χ4n) is 1.96. The average Bonchev–Trinajstić information content (AvgIpc) is 2.92. The SMILES string of the molecule is O=[N+]([O-])c1c(CC(Br)C2CC2)nc2sccn12. The molecular formula is C10H10BrN3O2S. The normalized spacial score (nSPS) is 17.5. The zero-order chi connectivity index (χ0) is 12.0. The molecule has 2 aromatic heterocycles. The number of alkyl halides is 1. The van der Waals surface area contributed by atoms with Crippen LogP contribution in [0.25, 0.3) is 4.96 Å². The summed E-state index contributed by atoms with van der Waals surface area (Å²) in [5, 5.41) is 12.9. The van der Waals surface area contributed by atoms with E-state index in [4.69, 9.17) is 0 Å². The summed E-state index contributed by atoms with van der Waals surface area (Å²) in [6, 6.07) is 0. The Morgan fingerprint density at radius 1 is 1.71 bits per heavy atom. The van der Waals surface area contributed by atoms with Crippen LogP contribution in [-0.2, 0) is 6.42 Å². The van der Waals surface area contributed by atoms with Crippen LogP contribution < -0.4 is 0 Å². The molecule has 0 aromatic carbocycles. The maximum Gasteiger partial charge on any atom is 0.351 e. The quantitative estimate of drug-likeness (QED) is 0.495. The van der Waals surface area contributed by atoms with E-state index in [1.165, 1.54) is 24.2 Å². The third-order valence-corrected chi connectivity index (χ3v) is 4.83. The summed E-state index contributed by atoms with van der Waals surface area (Å²) in [5.74, 6) is 0.778. The van der Waals surface area contributed by atoms with Crippen molar-refractivity contribution in [2.45, 2.75) is 24.1 Å². The van der Waals surface area contributed by atoms with Crippen molar-refractivity contribution >= 4 is 38.0 Å². The summed E-state index contributed by atoms with van der Waals surface area (Å²) in [6.45, 7) is 0. The number of hydrogen-bond donors (Lipinski definition) is 0. The van der Waals surface area contributed by atoms with Crippen LogP contribution in [0.1, 0.15) is 18.5 Å². The van der Waals surface area contributed by atoms with Crippen molar-refractivity contribution in [3.05, 3.63) is 27.4 Å². The summed E-state index contributed by atoms with van der Waals surface area (Å²) in [7, 11) is 0. The number of rotatable bonds is 4. The molecule has 2 heterocycles. The number of nitrogens with zero attached hydrogens (tertiary/aromatic N) is 3.